The van der Waals surface area contributed by atoms with Crippen molar-refractivity contribution in [3.8, 4) is 33.6 Å². The summed E-state index contributed by atoms with van der Waals surface area (Å²) in [5.41, 5.74) is 15.2. The Morgan fingerprint density at radius 3 is 1.64 bits per heavy atom. The Hall–Kier alpha value is -8.66. The number of allylic oxidation sites excluding steroid dienone is 3. The molecule has 12 aromatic rings. The van der Waals surface area contributed by atoms with Crippen molar-refractivity contribution in [3.63, 3.8) is 0 Å². The molecule has 0 unspecified atom stereocenters. The lowest BCUT2D eigenvalue weighted by Gasteiger charge is -2.26. The summed E-state index contributed by atoms with van der Waals surface area (Å²) in [6, 6.07) is 85.8. The molecule has 12 rings (SSSR count). The summed E-state index contributed by atoms with van der Waals surface area (Å²) in [6.07, 6.45) is 5.58. The Morgan fingerprint density at radius 2 is 0.939 bits per heavy atom. The van der Waals surface area contributed by atoms with Crippen LogP contribution in [0.2, 0.25) is 0 Å². The first kappa shape index (κ1) is 40.1. The van der Waals surface area contributed by atoms with Crippen LogP contribution in [0.4, 0.5) is 17.1 Å². The highest BCUT2D eigenvalue weighted by Crippen LogP contribution is 2.43. The lowest BCUT2D eigenvalue weighted by molar-refractivity contribution is 1.18. The summed E-state index contributed by atoms with van der Waals surface area (Å²) in [5, 5.41) is 7.37. The minimum absolute atomic E-state index is 1.10. The molecular weight excluding hydrogens is 799 g/mol. The molecule has 0 aliphatic carbocycles. The van der Waals surface area contributed by atoms with E-state index in [2.05, 4.69) is 257 Å². The van der Waals surface area contributed by atoms with Gasteiger partial charge in [-0.3, -0.25) is 0 Å². The largest absolute Gasteiger partial charge is 0.310 e. The van der Waals surface area contributed by atoms with Crippen LogP contribution in [-0.4, -0.2) is 9.13 Å². The molecule has 0 radical (unpaired) electrons. The van der Waals surface area contributed by atoms with Gasteiger partial charge < -0.3 is 14.0 Å². The Balaban J connectivity index is 0.000000916. The third kappa shape index (κ3) is 7.23. The summed E-state index contributed by atoms with van der Waals surface area (Å²) >= 11 is 0. The lowest BCUT2D eigenvalue weighted by atomic mass is 10.0. The summed E-state index contributed by atoms with van der Waals surface area (Å²) < 4.78 is 4.89. The van der Waals surface area contributed by atoms with Crippen LogP contribution in [-0.2, 0) is 0 Å². The number of hydrogen-bond donors (Lipinski definition) is 0. The topological polar surface area (TPSA) is 13.1 Å². The fraction of sp³-hybridized carbons (Fsp3) is 0.0159. The summed E-state index contributed by atoms with van der Waals surface area (Å²) in [7, 11) is 0. The quantitative estimate of drug-likeness (QED) is 0.139. The van der Waals surface area contributed by atoms with Gasteiger partial charge >= 0.3 is 0 Å². The normalized spacial score (nSPS) is 11.4. The second-order valence-electron chi connectivity index (χ2n) is 16.5. The second kappa shape index (κ2) is 17.5. The van der Waals surface area contributed by atoms with Gasteiger partial charge in [-0.1, -0.05) is 183 Å². The minimum atomic E-state index is 1.10. The van der Waals surface area contributed by atoms with Gasteiger partial charge in [0, 0.05) is 50.0 Å². The number of anilines is 3. The zero-order chi connectivity index (χ0) is 44.4. The van der Waals surface area contributed by atoms with Crippen molar-refractivity contribution in [1.29, 1.82) is 0 Å². The van der Waals surface area contributed by atoms with Crippen molar-refractivity contribution in [2.45, 2.75) is 6.92 Å². The van der Waals surface area contributed by atoms with Crippen LogP contribution >= 0.6 is 0 Å². The first-order chi connectivity index (χ1) is 32.7. The minimum Gasteiger partial charge on any atom is -0.310 e. The highest BCUT2D eigenvalue weighted by atomic mass is 15.1. The van der Waals surface area contributed by atoms with Gasteiger partial charge in [0.25, 0.3) is 0 Å². The molecule has 0 aliphatic rings. The van der Waals surface area contributed by atoms with Crippen molar-refractivity contribution in [2.24, 2.45) is 0 Å². The van der Waals surface area contributed by atoms with Gasteiger partial charge in [0.2, 0.25) is 0 Å². The second-order valence-corrected chi connectivity index (χ2v) is 16.5. The van der Waals surface area contributed by atoms with E-state index in [1.54, 1.807) is 6.08 Å². The predicted octanol–water partition coefficient (Wildman–Crippen LogP) is 17.6. The molecule has 3 nitrogen and oxygen atoms in total. The third-order valence-electron chi connectivity index (χ3n) is 12.6. The van der Waals surface area contributed by atoms with Crippen LogP contribution in [0.3, 0.4) is 0 Å². The average Bonchev–Trinajstić information content (AvgIpc) is 3.91. The van der Waals surface area contributed by atoms with E-state index in [4.69, 9.17) is 0 Å². The highest BCUT2D eigenvalue weighted by molar-refractivity contribution is 6.26. The van der Waals surface area contributed by atoms with Gasteiger partial charge in [-0.05, 0) is 119 Å². The molecular formula is C63H47N3. The number of nitrogens with zero attached hydrogens (tertiary/aromatic N) is 3. The maximum Gasteiger partial charge on any atom is 0.0641 e. The molecule has 0 spiro atoms. The molecule has 0 saturated heterocycles. The molecule has 10 aromatic carbocycles. The number of para-hydroxylation sites is 3. The zero-order valence-corrected chi connectivity index (χ0v) is 36.8. The van der Waals surface area contributed by atoms with E-state index in [0.29, 0.717) is 0 Å². The van der Waals surface area contributed by atoms with Crippen LogP contribution in [0.5, 0.6) is 0 Å². The van der Waals surface area contributed by atoms with Crippen molar-refractivity contribution >= 4 is 71.4 Å². The molecule has 2 heterocycles. The fourth-order valence-electron chi connectivity index (χ4n) is 9.60. The van der Waals surface area contributed by atoms with Crippen LogP contribution in [0.25, 0.3) is 88.0 Å². The van der Waals surface area contributed by atoms with E-state index in [1.807, 2.05) is 19.1 Å². The molecule has 2 aromatic heterocycles. The van der Waals surface area contributed by atoms with Crippen LogP contribution in [0.15, 0.2) is 261 Å². The van der Waals surface area contributed by atoms with Gasteiger partial charge in [-0.2, -0.15) is 0 Å². The van der Waals surface area contributed by atoms with Crippen molar-refractivity contribution in [2.75, 3.05) is 4.90 Å². The van der Waals surface area contributed by atoms with E-state index in [-0.39, 0.29) is 0 Å². The van der Waals surface area contributed by atoms with Crippen molar-refractivity contribution in [1.82, 2.24) is 9.13 Å². The van der Waals surface area contributed by atoms with Crippen LogP contribution in [0, 0.1) is 0 Å². The number of fused-ring (bicyclic) bond motifs is 8. The van der Waals surface area contributed by atoms with Gasteiger partial charge in [0.05, 0.1) is 22.1 Å². The van der Waals surface area contributed by atoms with Gasteiger partial charge in [0.15, 0.2) is 0 Å². The molecule has 0 bridgehead atoms. The predicted molar refractivity (Wildman–Crippen MR) is 283 cm³/mol. The standard InChI is InChI=1S/C58H39N3.C5H8/c1-4-15-40(16-5-1)42-27-31-47(32-28-42)59(48-22-14-19-43(37-48)41-17-6-2-7-18-41)49-33-29-45-39-50(34-30-44(45)38-49)61-54-25-12-10-23-51(54)52-35-36-56-57(58(52)61)53-24-11-13-26-55(53)60(56)46-20-8-3-9-21-46;1-3-5-4-2/h1-39H;3-5H,1H2,2H3/b;5-4-. The number of rotatable bonds is 8. The molecule has 0 amide bonds. The Labute approximate surface area is 385 Å². The van der Waals surface area contributed by atoms with Gasteiger partial charge in [0.1, 0.15) is 0 Å². The monoisotopic (exact) mass is 845 g/mol. The highest BCUT2D eigenvalue weighted by Gasteiger charge is 2.21. The number of benzene rings is 10. The van der Waals surface area contributed by atoms with Crippen molar-refractivity contribution < 1.29 is 0 Å². The molecule has 0 N–H and O–H groups in total. The molecule has 3 heteroatoms. The van der Waals surface area contributed by atoms with Gasteiger partial charge in [-0.25, -0.2) is 0 Å². The lowest BCUT2D eigenvalue weighted by Crippen LogP contribution is -2.10. The van der Waals surface area contributed by atoms with E-state index in [0.717, 1.165) is 28.4 Å². The molecule has 66 heavy (non-hydrogen) atoms. The van der Waals surface area contributed by atoms with E-state index in [1.165, 1.54) is 76.6 Å². The zero-order valence-electron chi connectivity index (χ0n) is 36.8. The fourth-order valence-corrected chi connectivity index (χ4v) is 9.60. The summed E-state index contributed by atoms with van der Waals surface area (Å²) in [4.78, 5) is 2.38. The van der Waals surface area contributed by atoms with E-state index < -0.39 is 0 Å². The van der Waals surface area contributed by atoms with Crippen LogP contribution < -0.4 is 4.90 Å². The number of aromatic nitrogens is 2. The first-order valence-corrected chi connectivity index (χ1v) is 22.6. The van der Waals surface area contributed by atoms with E-state index >= 15 is 0 Å². The van der Waals surface area contributed by atoms with Crippen molar-refractivity contribution in [3.05, 3.63) is 261 Å². The smallest absolute Gasteiger partial charge is 0.0641 e. The molecule has 0 aliphatic heterocycles. The van der Waals surface area contributed by atoms with Crippen LogP contribution in [0.1, 0.15) is 6.92 Å². The summed E-state index contributed by atoms with van der Waals surface area (Å²) in [5.74, 6) is 0. The Morgan fingerprint density at radius 1 is 0.379 bits per heavy atom. The molecule has 0 atom stereocenters. The average molecular weight is 846 g/mol. The third-order valence-corrected chi connectivity index (χ3v) is 12.6. The SMILES string of the molecule is C=C/C=C\C.c1ccc(-c2ccc(N(c3cccc(-c4ccccc4)c3)c3ccc4cc(-n5c6ccccc6c6ccc7c(c8ccccc8n7-c7ccccc7)c65)ccc4c3)cc2)cc1. The first-order valence-electron chi connectivity index (χ1n) is 22.6. The Kier molecular flexibility index (Phi) is 10.6. The Bertz CT molecular complexity index is 3710. The maximum atomic E-state index is 3.46. The summed E-state index contributed by atoms with van der Waals surface area (Å²) in [6.45, 7) is 5.42. The molecule has 0 fully saturated rings. The number of hydrogen-bond acceptors (Lipinski definition) is 1. The van der Waals surface area contributed by atoms with E-state index in [9.17, 15) is 0 Å². The van der Waals surface area contributed by atoms with Gasteiger partial charge in [-0.15, -0.1) is 0 Å². The molecule has 0 saturated carbocycles. The maximum absolute atomic E-state index is 3.46. The molecule has 314 valence electrons.